The minimum Gasteiger partial charge on any atom is -0.459 e. The first kappa shape index (κ1) is 13.2. The molecule has 0 bridgehead atoms. The molecule has 2 nitrogen and oxygen atoms in total. The molecule has 1 heterocycles. The van der Waals surface area contributed by atoms with Crippen LogP contribution >= 0.6 is 0 Å². The summed E-state index contributed by atoms with van der Waals surface area (Å²) in [6.45, 7) is 12.6. The van der Waals surface area contributed by atoms with Crippen LogP contribution in [0.2, 0.25) is 0 Å². The monoisotopic (exact) mass is 245 g/mol. The van der Waals surface area contributed by atoms with Crippen molar-refractivity contribution in [3.05, 3.63) is 34.6 Å². The SMILES string of the molecule is CCNCc1oc2c(C(C)C)ccc(C)c2c1C. The molecule has 0 saturated heterocycles. The number of benzene rings is 1. The molecular weight excluding hydrogens is 222 g/mol. The molecule has 0 fully saturated rings. The third-order valence-electron chi connectivity index (χ3n) is 3.57. The second-order valence-electron chi connectivity index (χ2n) is 5.26. The van der Waals surface area contributed by atoms with Gasteiger partial charge < -0.3 is 9.73 Å². The fourth-order valence-electron chi connectivity index (χ4n) is 2.47. The average Bonchev–Trinajstić information content (AvgIpc) is 2.65. The molecule has 0 unspecified atom stereocenters. The van der Waals surface area contributed by atoms with Crippen molar-refractivity contribution < 1.29 is 4.42 Å². The van der Waals surface area contributed by atoms with Crippen LogP contribution in [0.15, 0.2) is 16.5 Å². The quantitative estimate of drug-likeness (QED) is 0.869. The maximum absolute atomic E-state index is 6.11. The summed E-state index contributed by atoms with van der Waals surface area (Å²) in [5, 5.41) is 4.64. The number of aryl methyl sites for hydroxylation is 2. The number of hydrogen-bond donors (Lipinski definition) is 1. The number of furan rings is 1. The first-order valence-corrected chi connectivity index (χ1v) is 6.78. The molecule has 1 aromatic carbocycles. The van der Waals surface area contributed by atoms with Gasteiger partial charge in [-0.15, -0.1) is 0 Å². The Morgan fingerprint density at radius 3 is 2.56 bits per heavy atom. The molecular formula is C16H23NO. The summed E-state index contributed by atoms with van der Waals surface area (Å²) >= 11 is 0. The van der Waals surface area contributed by atoms with Crippen LogP contribution in [0.4, 0.5) is 0 Å². The van der Waals surface area contributed by atoms with Gasteiger partial charge in [0.05, 0.1) is 6.54 Å². The van der Waals surface area contributed by atoms with Crippen LogP contribution in [0.3, 0.4) is 0 Å². The van der Waals surface area contributed by atoms with Crippen LogP contribution in [-0.2, 0) is 6.54 Å². The lowest BCUT2D eigenvalue weighted by Crippen LogP contribution is -2.11. The highest BCUT2D eigenvalue weighted by Gasteiger charge is 2.16. The van der Waals surface area contributed by atoms with Gasteiger partial charge in [-0.2, -0.15) is 0 Å². The van der Waals surface area contributed by atoms with Crippen LogP contribution in [0, 0.1) is 13.8 Å². The predicted molar refractivity (Wildman–Crippen MR) is 77.2 cm³/mol. The van der Waals surface area contributed by atoms with Crippen molar-refractivity contribution in [3.63, 3.8) is 0 Å². The minimum atomic E-state index is 0.491. The van der Waals surface area contributed by atoms with Gasteiger partial charge in [0.1, 0.15) is 11.3 Å². The van der Waals surface area contributed by atoms with Crippen molar-refractivity contribution in [2.24, 2.45) is 0 Å². The molecule has 0 radical (unpaired) electrons. The van der Waals surface area contributed by atoms with Crippen molar-refractivity contribution >= 4 is 11.0 Å². The smallest absolute Gasteiger partial charge is 0.138 e. The second kappa shape index (κ2) is 5.15. The van der Waals surface area contributed by atoms with Gasteiger partial charge in [-0.3, -0.25) is 0 Å². The summed E-state index contributed by atoms with van der Waals surface area (Å²) in [5.41, 5.74) is 4.97. The molecule has 1 N–H and O–H groups in total. The van der Waals surface area contributed by atoms with Crippen LogP contribution in [0.1, 0.15) is 49.1 Å². The molecule has 1 aromatic heterocycles. The Kier molecular flexibility index (Phi) is 3.76. The van der Waals surface area contributed by atoms with Gasteiger partial charge in [-0.25, -0.2) is 0 Å². The first-order chi connectivity index (χ1) is 8.56. The molecule has 98 valence electrons. The molecule has 0 aliphatic heterocycles. The van der Waals surface area contributed by atoms with Crippen LogP contribution in [0.5, 0.6) is 0 Å². The normalized spacial score (nSPS) is 11.7. The van der Waals surface area contributed by atoms with E-state index in [1.54, 1.807) is 0 Å². The summed E-state index contributed by atoms with van der Waals surface area (Å²) < 4.78 is 6.11. The van der Waals surface area contributed by atoms with Gasteiger partial charge in [0.15, 0.2) is 0 Å². The summed E-state index contributed by atoms with van der Waals surface area (Å²) in [7, 11) is 0. The van der Waals surface area contributed by atoms with E-state index in [2.05, 4.69) is 52.1 Å². The molecule has 0 atom stereocenters. The summed E-state index contributed by atoms with van der Waals surface area (Å²) in [6.07, 6.45) is 0. The number of fused-ring (bicyclic) bond motifs is 1. The molecule has 2 aromatic rings. The maximum Gasteiger partial charge on any atom is 0.138 e. The second-order valence-corrected chi connectivity index (χ2v) is 5.26. The molecule has 0 amide bonds. The van der Waals surface area contributed by atoms with Gasteiger partial charge in [0, 0.05) is 5.39 Å². The molecule has 2 rings (SSSR count). The fraction of sp³-hybridized carbons (Fsp3) is 0.500. The maximum atomic E-state index is 6.11. The lowest BCUT2D eigenvalue weighted by molar-refractivity contribution is 0.512. The van der Waals surface area contributed by atoms with Crippen LogP contribution in [0.25, 0.3) is 11.0 Å². The van der Waals surface area contributed by atoms with E-state index in [-0.39, 0.29) is 0 Å². The molecule has 0 aliphatic rings. The Hall–Kier alpha value is -1.28. The van der Waals surface area contributed by atoms with Gasteiger partial charge in [0.25, 0.3) is 0 Å². The van der Waals surface area contributed by atoms with E-state index in [1.165, 1.54) is 22.1 Å². The molecule has 2 heteroatoms. The number of nitrogens with one attached hydrogen (secondary N) is 1. The zero-order valence-corrected chi connectivity index (χ0v) is 12.1. The van der Waals surface area contributed by atoms with Gasteiger partial charge in [-0.05, 0) is 43.0 Å². The lowest BCUT2D eigenvalue weighted by atomic mass is 9.97. The third kappa shape index (κ3) is 2.17. The average molecular weight is 245 g/mol. The molecule has 0 saturated carbocycles. The van der Waals surface area contributed by atoms with Crippen molar-refractivity contribution in [2.75, 3.05) is 6.54 Å². The van der Waals surface area contributed by atoms with Crippen LogP contribution < -0.4 is 5.32 Å². The van der Waals surface area contributed by atoms with E-state index in [9.17, 15) is 0 Å². The number of rotatable bonds is 4. The molecule has 0 aliphatic carbocycles. The molecule has 0 spiro atoms. The Bertz CT molecular complexity index is 552. The fourth-order valence-corrected chi connectivity index (χ4v) is 2.47. The third-order valence-corrected chi connectivity index (χ3v) is 3.57. The van der Waals surface area contributed by atoms with E-state index in [0.29, 0.717) is 5.92 Å². The van der Waals surface area contributed by atoms with Gasteiger partial charge >= 0.3 is 0 Å². The van der Waals surface area contributed by atoms with Crippen molar-refractivity contribution in [1.82, 2.24) is 5.32 Å². The Balaban J connectivity index is 2.62. The van der Waals surface area contributed by atoms with Crippen LogP contribution in [-0.4, -0.2) is 6.54 Å². The van der Waals surface area contributed by atoms with E-state index >= 15 is 0 Å². The zero-order valence-electron chi connectivity index (χ0n) is 12.1. The number of hydrogen-bond acceptors (Lipinski definition) is 2. The minimum absolute atomic E-state index is 0.491. The standard InChI is InChI=1S/C16H23NO/c1-6-17-9-14-12(5)15-11(4)7-8-13(10(2)3)16(15)18-14/h7-8,10,17H,6,9H2,1-5H3. The Morgan fingerprint density at radius 2 is 1.94 bits per heavy atom. The predicted octanol–water partition coefficient (Wildman–Crippen LogP) is 4.28. The highest BCUT2D eigenvalue weighted by atomic mass is 16.3. The highest BCUT2D eigenvalue weighted by Crippen LogP contribution is 2.33. The topological polar surface area (TPSA) is 25.2 Å². The summed E-state index contributed by atoms with van der Waals surface area (Å²) in [4.78, 5) is 0. The summed E-state index contributed by atoms with van der Waals surface area (Å²) in [5.74, 6) is 1.56. The van der Waals surface area contributed by atoms with Crippen molar-refractivity contribution in [2.45, 2.75) is 47.1 Å². The summed E-state index contributed by atoms with van der Waals surface area (Å²) in [6, 6.07) is 4.40. The lowest BCUT2D eigenvalue weighted by Gasteiger charge is -2.07. The van der Waals surface area contributed by atoms with Gasteiger partial charge in [0.2, 0.25) is 0 Å². The molecule has 18 heavy (non-hydrogen) atoms. The van der Waals surface area contributed by atoms with Crippen molar-refractivity contribution in [1.29, 1.82) is 0 Å². The van der Waals surface area contributed by atoms with E-state index in [0.717, 1.165) is 24.4 Å². The van der Waals surface area contributed by atoms with E-state index in [1.807, 2.05) is 0 Å². The highest BCUT2D eigenvalue weighted by molar-refractivity contribution is 5.88. The van der Waals surface area contributed by atoms with E-state index < -0.39 is 0 Å². The van der Waals surface area contributed by atoms with Gasteiger partial charge in [-0.1, -0.05) is 32.9 Å². The van der Waals surface area contributed by atoms with Crippen molar-refractivity contribution in [3.8, 4) is 0 Å². The first-order valence-electron chi connectivity index (χ1n) is 6.78. The van der Waals surface area contributed by atoms with E-state index in [4.69, 9.17) is 4.42 Å². The Labute approximate surface area is 109 Å². The Morgan fingerprint density at radius 1 is 1.22 bits per heavy atom. The zero-order chi connectivity index (χ0) is 13.3. The largest absolute Gasteiger partial charge is 0.459 e.